The van der Waals surface area contributed by atoms with Crippen molar-refractivity contribution in [2.24, 2.45) is 0 Å². The molecule has 0 heterocycles. The van der Waals surface area contributed by atoms with Gasteiger partial charge in [-0.1, -0.05) is 45.1 Å². The Morgan fingerprint density at radius 2 is 1.88 bits per heavy atom. The van der Waals surface area contributed by atoms with Crippen LogP contribution in [0.4, 0.5) is 0 Å². The minimum Gasteiger partial charge on any atom is -0.410 e. The van der Waals surface area contributed by atoms with Crippen LogP contribution in [-0.2, 0) is 4.43 Å². The molecule has 0 radical (unpaired) electrons. The quantitative estimate of drug-likeness (QED) is 0.396. The van der Waals surface area contributed by atoms with Crippen LogP contribution in [0.5, 0.6) is 0 Å². The molecular formula is C15H26OSi. The number of rotatable bonds is 5. The molecule has 0 aromatic rings. The lowest BCUT2D eigenvalue weighted by atomic mass is 10.2. The molecule has 2 heteroatoms. The Kier molecular flexibility index (Phi) is 6.52. The Balaban J connectivity index is 4.71. The zero-order chi connectivity index (χ0) is 13.5. The third-order valence-electron chi connectivity index (χ3n) is 3.20. The van der Waals surface area contributed by atoms with E-state index in [0.29, 0.717) is 6.42 Å². The summed E-state index contributed by atoms with van der Waals surface area (Å²) in [6.45, 7) is 13.2. The fourth-order valence-electron chi connectivity index (χ4n) is 1.12. The first-order valence-corrected chi connectivity index (χ1v) is 9.06. The van der Waals surface area contributed by atoms with Gasteiger partial charge in [-0.2, -0.15) is 0 Å². The average molecular weight is 250 g/mol. The van der Waals surface area contributed by atoms with Gasteiger partial charge in [0.1, 0.15) is 0 Å². The van der Waals surface area contributed by atoms with Gasteiger partial charge in [-0.15, -0.1) is 12.3 Å². The van der Waals surface area contributed by atoms with Gasteiger partial charge < -0.3 is 4.43 Å². The maximum absolute atomic E-state index is 6.27. The van der Waals surface area contributed by atoms with Crippen LogP contribution in [0.1, 0.15) is 34.1 Å². The summed E-state index contributed by atoms with van der Waals surface area (Å²) in [6.07, 6.45) is 14.1. The highest BCUT2D eigenvalue weighted by Gasteiger charge is 2.38. The van der Waals surface area contributed by atoms with Gasteiger partial charge in [-0.05, 0) is 25.1 Å². The first kappa shape index (κ1) is 16.2. The second-order valence-corrected chi connectivity index (χ2v) is 10.5. The first-order valence-electron chi connectivity index (χ1n) is 6.15. The molecule has 17 heavy (non-hydrogen) atoms. The summed E-state index contributed by atoms with van der Waals surface area (Å²) in [7, 11) is -1.74. The standard InChI is InChI=1S/C15H26OSi/c1-8-10-11-13-14(12-9-2)16-17(6,7)15(3,4)5/h2,8,10-11,13-14H,12H2,1,3-7H3/b10-8+,13-11+. The molecular weight excluding hydrogens is 224 g/mol. The van der Waals surface area contributed by atoms with Crippen LogP contribution in [0.3, 0.4) is 0 Å². The highest BCUT2D eigenvalue weighted by molar-refractivity contribution is 6.74. The molecule has 0 saturated heterocycles. The molecule has 0 aliphatic heterocycles. The number of hydrogen-bond donors (Lipinski definition) is 0. The van der Waals surface area contributed by atoms with Crippen LogP contribution >= 0.6 is 0 Å². The molecule has 1 nitrogen and oxygen atoms in total. The van der Waals surface area contributed by atoms with Gasteiger partial charge in [0.2, 0.25) is 0 Å². The molecule has 1 atom stereocenters. The van der Waals surface area contributed by atoms with Crippen LogP contribution < -0.4 is 0 Å². The minimum absolute atomic E-state index is 0.0390. The zero-order valence-electron chi connectivity index (χ0n) is 12.1. The van der Waals surface area contributed by atoms with Crippen LogP contribution in [0, 0.1) is 12.3 Å². The number of hydrogen-bond acceptors (Lipinski definition) is 1. The van der Waals surface area contributed by atoms with Crippen molar-refractivity contribution < 1.29 is 4.43 Å². The summed E-state index contributed by atoms with van der Waals surface area (Å²) in [6, 6.07) is 0. The maximum atomic E-state index is 6.27. The van der Waals surface area contributed by atoms with E-state index in [1.165, 1.54) is 0 Å². The highest BCUT2D eigenvalue weighted by Crippen LogP contribution is 2.37. The molecule has 0 aliphatic carbocycles. The van der Waals surface area contributed by atoms with E-state index in [4.69, 9.17) is 10.8 Å². The van der Waals surface area contributed by atoms with Crippen molar-refractivity contribution in [2.45, 2.75) is 58.4 Å². The van der Waals surface area contributed by atoms with Crippen molar-refractivity contribution in [3.05, 3.63) is 24.3 Å². The molecule has 96 valence electrons. The van der Waals surface area contributed by atoms with Crippen LogP contribution in [-0.4, -0.2) is 14.4 Å². The predicted molar refractivity (Wildman–Crippen MR) is 79.5 cm³/mol. The third kappa shape index (κ3) is 5.91. The van der Waals surface area contributed by atoms with Crippen molar-refractivity contribution in [2.75, 3.05) is 0 Å². The summed E-state index contributed by atoms with van der Waals surface area (Å²) in [5, 5.41) is 0.217. The van der Waals surface area contributed by atoms with E-state index in [9.17, 15) is 0 Å². The summed E-state index contributed by atoms with van der Waals surface area (Å²) >= 11 is 0. The first-order chi connectivity index (χ1) is 7.74. The van der Waals surface area contributed by atoms with Gasteiger partial charge in [-0.25, -0.2) is 0 Å². The van der Waals surface area contributed by atoms with Gasteiger partial charge in [0.15, 0.2) is 8.32 Å². The largest absolute Gasteiger partial charge is 0.410 e. The maximum Gasteiger partial charge on any atom is 0.192 e. The Bertz CT molecular complexity index is 313. The fraction of sp³-hybridized carbons (Fsp3) is 0.600. The van der Waals surface area contributed by atoms with Crippen molar-refractivity contribution >= 4 is 8.32 Å². The lowest BCUT2D eigenvalue weighted by Gasteiger charge is -2.38. The molecule has 0 aromatic heterocycles. The Morgan fingerprint density at radius 1 is 1.29 bits per heavy atom. The molecule has 0 amide bonds. The summed E-state index contributed by atoms with van der Waals surface area (Å²) in [5.41, 5.74) is 0. The summed E-state index contributed by atoms with van der Waals surface area (Å²) < 4.78 is 6.27. The Morgan fingerprint density at radius 3 is 2.29 bits per heavy atom. The lowest BCUT2D eigenvalue weighted by molar-refractivity contribution is 0.230. The van der Waals surface area contributed by atoms with E-state index >= 15 is 0 Å². The van der Waals surface area contributed by atoms with Crippen LogP contribution in [0.25, 0.3) is 0 Å². The molecule has 0 bridgehead atoms. The molecule has 0 N–H and O–H groups in total. The van der Waals surface area contributed by atoms with Gasteiger partial charge >= 0.3 is 0 Å². The molecule has 0 fully saturated rings. The van der Waals surface area contributed by atoms with Gasteiger partial charge in [0.25, 0.3) is 0 Å². The zero-order valence-corrected chi connectivity index (χ0v) is 13.1. The second-order valence-electron chi connectivity index (χ2n) is 5.74. The Hall–Kier alpha value is -0.783. The van der Waals surface area contributed by atoms with Crippen molar-refractivity contribution in [3.63, 3.8) is 0 Å². The molecule has 0 spiro atoms. The van der Waals surface area contributed by atoms with Crippen LogP contribution in [0.2, 0.25) is 18.1 Å². The normalized spacial score (nSPS) is 15.4. The van der Waals surface area contributed by atoms with E-state index in [1.54, 1.807) is 0 Å². The molecule has 1 unspecified atom stereocenters. The molecule has 0 saturated carbocycles. The van der Waals surface area contributed by atoms with Crippen molar-refractivity contribution in [3.8, 4) is 12.3 Å². The fourth-order valence-corrected chi connectivity index (χ4v) is 2.39. The third-order valence-corrected chi connectivity index (χ3v) is 7.70. The number of allylic oxidation sites excluding steroid dienone is 3. The monoisotopic (exact) mass is 250 g/mol. The van der Waals surface area contributed by atoms with Gasteiger partial charge in [-0.3, -0.25) is 0 Å². The van der Waals surface area contributed by atoms with Crippen molar-refractivity contribution in [1.82, 2.24) is 0 Å². The predicted octanol–water partition coefficient (Wildman–Crippen LogP) is 4.53. The van der Waals surface area contributed by atoms with Crippen molar-refractivity contribution in [1.29, 1.82) is 0 Å². The van der Waals surface area contributed by atoms with E-state index in [-0.39, 0.29) is 11.1 Å². The smallest absolute Gasteiger partial charge is 0.192 e. The van der Waals surface area contributed by atoms with Gasteiger partial charge in [0.05, 0.1) is 6.10 Å². The summed E-state index contributed by atoms with van der Waals surface area (Å²) in [5.74, 6) is 2.69. The lowest BCUT2D eigenvalue weighted by Crippen LogP contribution is -2.43. The summed E-state index contributed by atoms with van der Waals surface area (Å²) in [4.78, 5) is 0. The SMILES string of the molecule is C#CCC(/C=C/C=C/C)O[Si](C)(C)C(C)(C)C. The van der Waals surface area contributed by atoms with Gasteiger partial charge in [0, 0.05) is 6.42 Å². The molecule has 0 aliphatic rings. The number of terminal acetylenes is 1. The van der Waals surface area contributed by atoms with E-state index in [0.717, 1.165) is 0 Å². The van der Waals surface area contributed by atoms with Crippen LogP contribution in [0.15, 0.2) is 24.3 Å². The van der Waals surface area contributed by atoms with E-state index in [2.05, 4.69) is 45.9 Å². The Labute approximate surface area is 108 Å². The molecule has 0 rings (SSSR count). The second kappa shape index (κ2) is 6.83. The van der Waals surface area contributed by atoms with E-state index in [1.807, 2.05) is 25.2 Å². The van der Waals surface area contributed by atoms with E-state index < -0.39 is 8.32 Å². The molecule has 0 aromatic carbocycles. The average Bonchev–Trinajstić information content (AvgIpc) is 2.16. The minimum atomic E-state index is -1.74. The topological polar surface area (TPSA) is 9.23 Å². The highest BCUT2D eigenvalue weighted by atomic mass is 28.4.